The minimum absolute atomic E-state index is 0.135. The van der Waals surface area contributed by atoms with Crippen molar-refractivity contribution in [3.05, 3.63) is 78.0 Å². The van der Waals surface area contributed by atoms with E-state index >= 15 is 0 Å². The molecule has 0 spiro atoms. The molecule has 0 saturated heterocycles. The van der Waals surface area contributed by atoms with Crippen molar-refractivity contribution >= 4 is 29.0 Å². The first-order valence-electron chi connectivity index (χ1n) is 10.2. The molecule has 1 N–H and O–H groups in total. The van der Waals surface area contributed by atoms with Crippen molar-refractivity contribution in [3.8, 4) is 0 Å². The molecule has 1 amide bonds. The van der Waals surface area contributed by atoms with Gasteiger partial charge in [-0.1, -0.05) is 60.7 Å². The topological polar surface area (TPSA) is 69.6 Å². The number of alkyl carbamates (subject to hydrolysis) is 1. The van der Waals surface area contributed by atoms with E-state index in [1.165, 1.54) is 0 Å². The van der Waals surface area contributed by atoms with Gasteiger partial charge in [0.05, 0.1) is 0 Å². The summed E-state index contributed by atoms with van der Waals surface area (Å²) in [5, 5.41) is 3.73. The van der Waals surface area contributed by atoms with E-state index in [1.807, 2.05) is 98.3 Å². The molecule has 0 aliphatic carbocycles. The Morgan fingerprint density at radius 1 is 1.03 bits per heavy atom. The number of para-hydroxylation sites is 1. The maximum absolute atomic E-state index is 12.3. The summed E-state index contributed by atoms with van der Waals surface area (Å²) in [4.78, 5) is 24.1. The van der Waals surface area contributed by atoms with Gasteiger partial charge in [0, 0.05) is 23.6 Å². The number of hydrogen-bond acceptors (Lipinski definition) is 4. The molecule has 6 nitrogen and oxygen atoms in total. The highest BCUT2D eigenvalue weighted by Crippen LogP contribution is 2.23. The number of nitrogens with zero attached hydrogens (tertiary/aromatic N) is 1. The summed E-state index contributed by atoms with van der Waals surface area (Å²) in [6, 6.07) is 17.4. The number of carbonyl (C=O) groups is 2. The van der Waals surface area contributed by atoms with Crippen LogP contribution in [0.1, 0.15) is 31.9 Å². The zero-order chi connectivity index (χ0) is 22.3. The fourth-order valence-corrected chi connectivity index (χ4v) is 3.15. The van der Waals surface area contributed by atoms with Crippen LogP contribution in [0.2, 0.25) is 0 Å². The summed E-state index contributed by atoms with van der Waals surface area (Å²) in [5.74, 6) is -0.286. The summed E-state index contributed by atoms with van der Waals surface area (Å²) in [6.07, 6.45) is 5.22. The number of esters is 1. The zero-order valence-electron chi connectivity index (χ0n) is 18.1. The molecule has 6 heteroatoms. The lowest BCUT2D eigenvalue weighted by molar-refractivity contribution is -0.155. The van der Waals surface area contributed by atoms with Gasteiger partial charge in [-0.15, -0.1) is 0 Å². The van der Waals surface area contributed by atoms with Gasteiger partial charge in [-0.25, -0.2) is 4.79 Å². The average molecular weight is 421 g/mol. The van der Waals surface area contributed by atoms with E-state index < -0.39 is 11.7 Å². The van der Waals surface area contributed by atoms with Crippen LogP contribution < -0.4 is 5.32 Å². The molecular formula is C25H28N2O4. The highest BCUT2D eigenvalue weighted by Gasteiger charge is 2.17. The van der Waals surface area contributed by atoms with Crippen molar-refractivity contribution in [2.45, 2.75) is 39.5 Å². The van der Waals surface area contributed by atoms with Crippen LogP contribution in [-0.2, 0) is 27.4 Å². The molecule has 1 aromatic heterocycles. The first-order chi connectivity index (χ1) is 14.8. The highest BCUT2D eigenvalue weighted by molar-refractivity contribution is 5.90. The zero-order valence-corrected chi connectivity index (χ0v) is 18.1. The van der Waals surface area contributed by atoms with Crippen molar-refractivity contribution in [2.75, 3.05) is 6.54 Å². The van der Waals surface area contributed by atoms with Gasteiger partial charge < -0.3 is 19.4 Å². The second-order valence-corrected chi connectivity index (χ2v) is 8.16. The molecule has 0 fully saturated rings. The molecule has 0 unspecified atom stereocenters. The van der Waals surface area contributed by atoms with E-state index in [-0.39, 0.29) is 19.1 Å². The minimum atomic E-state index is -0.524. The van der Waals surface area contributed by atoms with Crippen LogP contribution in [-0.4, -0.2) is 28.8 Å². The second kappa shape index (κ2) is 9.98. The van der Waals surface area contributed by atoms with E-state index in [1.54, 1.807) is 0 Å². The Balaban J connectivity index is 1.59. The van der Waals surface area contributed by atoms with Gasteiger partial charge in [-0.3, -0.25) is 4.79 Å². The Hall–Kier alpha value is -3.54. The average Bonchev–Trinajstić information content (AvgIpc) is 3.06. The summed E-state index contributed by atoms with van der Waals surface area (Å²) >= 11 is 0. The van der Waals surface area contributed by atoms with Gasteiger partial charge in [0.25, 0.3) is 0 Å². The molecule has 162 valence electrons. The fraction of sp³-hybridized carbons (Fsp3) is 0.280. The molecule has 0 radical (unpaired) electrons. The largest absolute Gasteiger partial charge is 0.459 e. The van der Waals surface area contributed by atoms with Crippen LogP contribution >= 0.6 is 0 Å². The van der Waals surface area contributed by atoms with Crippen molar-refractivity contribution < 1.29 is 19.1 Å². The third-order valence-corrected chi connectivity index (χ3v) is 4.41. The lowest BCUT2D eigenvalue weighted by Gasteiger charge is -2.19. The standard InChI is InChI=1S/C25H28N2O4/c1-25(2,3)31-23(28)17-27-16-20(21-13-7-8-14-22(21)27)12-9-15-26-24(29)30-18-19-10-5-4-6-11-19/h4-14,16H,15,17-18H2,1-3H3,(H,26,29). The molecule has 2 aromatic carbocycles. The molecule has 0 saturated carbocycles. The monoisotopic (exact) mass is 420 g/mol. The third kappa shape index (κ3) is 6.74. The van der Waals surface area contributed by atoms with Gasteiger partial charge in [0.2, 0.25) is 0 Å². The quantitative estimate of drug-likeness (QED) is 0.551. The van der Waals surface area contributed by atoms with Gasteiger partial charge in [-0.05, 0) is 38.0 Å². The Labute approximate surface area is 182 Å². The third-order valence-electron chi connectivity index (χ3n) is 4.41. The van der Waals surface area contributed by atoms with Crippen LogP contribution in [0.25, 0.3) is 17.0 Å². The van der Waals surface area contributed by atoms with Crippen LogP contribution in [0, 0.1) is 0 Å². The first kappa shape index (κ1) is 22.2. The number of hydrogen-bond donors (Lipinski definition) is 1. The Morgan fingerprint density at radius 2 is 1.74 bits per heavy atom. The summed E-state index contributed by atoms with van der Waals surface area (Å²) in [5.41, 5.74) is 2.32. The second-order valence-electron chi connectivity index (χ2n) is 8.16. The number of nitrogens with one attached hydrogen (secondary N) is 1. The lowest BCUT2D eigenvalue weighted by atomic mass is 10.1. The van der Waals surface area contributed by atoms with Gasteiger partial charge in [0.15, 0.2) is 0 Å². The molecule has 1 heterocycles. The van der Waals surface area contributed by atoms with Crippen molar-refractivity contribution in [1.29, 1.82) is 0 Å². The fourth-order valence-electron chi connectivity index (χ4n) is 3.15. The predicted molar refractivity (Wildman–Crippen MR) is 121 cm³/mol. The number of benzene rings is 2. The van der Waals surface area contributed by atoms with Gasteiger partial charge in [0.1, 0.15) is 18.8 Å². The highest BCUT2D eigenvalue weighted by atomic mass is 16.6. The summed E-state index contributed by atoms with van der Waals surface area (Å²) < 4.78 is 12.5. The van der Waals surface area contributed by atoms with Crippen LogP contribution in [0.4, 0.5) is 4.79 Å². The van der Waals surface area contributed by atoms with Crippen molar-refractivity contribution in [3.63, 3.8) is 0 Å². The molecule has 31 heavy (non-hydrogen) atoms. The number of carbonyl (C=O) groups excluding carboxylic acids is 2. The molecule has 0 aliphatic rings. The minimum Gasteiger partial charge on any atom is -0.459 e. The maximum Gasteiger partial charge on any atom is 0.407 e. The number of fused-ring (bicyclic) bond motifs is 1. The summed E-state index contributed by atoms with van der Waals surface area (Å²) in [6.45, 7) is 6.25. The van der Waals surface area contributed by atoms with Gasteiger partial charge >= 0.3 is 12.1 Å². The van der Waals surface area contributed by atoms with Crippen LogP contribution in [0.15, 0.2) is 66.9 Å². The van der Waals surface area contributed by atoms with Crippen molar-refractivity contribution in [1.82, 2.24) is 9.88 Å². The molecule has 3 rings (SSSR count). The van der Waals surface area contributed by atoms with Gasteiger partial charge in [-0.2, -0.15) is 0 Å². The molecule has 3 aromatic rings. The van der Waals surface area contributed by atoms with Crippen LogP contribution in [0.3, 0.4) is 0 Å². The number of amides is 1. The van der Waals surface area contributed by atoms with E-state index in [2.05, 4.69) is 5.32 Å². The van der Waals surface area contributed by atoms with E-state index in [0.29, 0.717) is 6.54 Å². The molecular weight excluding hydrogens is 392 g/mol. The van der Waals surface area contributed by atoms with E-state index in [9.17, 15) is 9.59 Å². The number of ether oxygens (including phenoxy) is 2. The maximum atomic E-state index is 12.3. The Bertz CT molecular complexity index is 1060. The normalized spacial score (nSPS) is 11.6. The molecule has 0 bridgehead atoms. The first-order valence-corrected chi connectivity index (χ1v) is 10.2. The Morgan fingerprint density at radius 3 is 2.48 bits per heavy atom. The van der Waals surface area contributed by atoms with E-state index in [0.717, 1.165) is 22.0 Å². The van der Waals surface area contributed by atoms with E-state index in [4.69, 9.17) is 9.47 Å². The molecule has 0 atom stereocenters. The van der Waals surface area contributed by atoms with Crippen LogP contribution in [0.5, 0.6) is 0 Å². The molecule has 0 aliphatic heterocycles. The van der Waals surface area contributed by atoms with Crippen molar-refractivity contribution in [2.24, 2.45) is 0 Å². The smallest absolute Gasteiger partial charge is 0.407 e. The number of aromatic nitrogens is 1. The lowest BCUT2D eigenvalue weighted by Crippen LogP contribution is -2.26. The number of rotatable bonds is 7. The summed E-state index contributed by atoms with van der Waals surface area (Å²) in [7, 11) is 0. The SMILES string of the molecule is CC(C)(C)OC(=O)Cn1cc(C=CCNC(=O)OCc2ccccc2)c2ccccc21. The predicted octanol–water partition coefficient (Wildman–Crippen LogP) is 4.92. The Kier molecular flexibility index (Phi) is 7.13.